The molecule has 4 aliphatic rings. The van der Waals surface area contributed by atoms with Gasteiger partial charge in [-0.05, 0) is 86.5 Å². The molecule has 3 N–H and O–H groups in total. The molecule has 0 radical (unpaired) electrons. The third kappa shape index (κ3) is 3.75. The van der Waals surface area contributed by atoms with Crippen molar-refractivity contribution in [3.8, 4) is 0 Å². The molecule has 3 amide bonds. The summed E-state index contributed by atoms with van der Waals surface area (Å²) in [5.74, 6) is 2.83. The zero-order chi connectivity index (χ0) is 18.3. The number of hydrogen-bond acceptors (Lipinski definition) is 2. The Morgan fingerprint density at radius 1 is 1.08 bits per heavy atom. The van der Waals surface area contributed by atoms with Gasteiger partial charge in [-0.1, -0.05) is 15.9 Å². The first-order valence-corrected chi connectivity index (χ1v) is 10.4. The van der Waals surface area contributed by atoms with Crippen molar-refractivity contribution in [2.45, 2.75) is 45.1 Å². The Morgan fingerprint density at radius 2 is 1.73 bits per heavy atom. The van der Waals surface area contributed by atoms with E-state index in [1.165, 1.54) is 32.1 Å². The fourth-order valence-corrected chi connectivity index (χ4v) is 5.96. The third-order valence-electron chi connectivity index (χ3n) is 6.40. The van der Waals surface area contributed by atoms with Gasteiger partial charge in [-0.2, -0.15) is 0 Å². The van der Waals surface area contributed by atoms with Gasteiger partial charge in [0.25, 0.3) is 0 Å². The van der Waals surface area contributed by atoms with E-state index in [-0.39, 0.29) is 18.5 Å². The Kier molecular flexibility index (Phi) is 4.95. The summed E-state index contributed by atoms with van der Waals surface area (Å²) in [6.07, 6.45) is 6.46. The van der Waals surface area contributed by atoms with Gasteiger partial charge < -0.3 is 16.0 Å². The first-order valence-electron chi connectivity index (χ1n) is 9.58. The van der Waals surface area contributed by atoms with Crippen LogP contribution < -0.4 is 16.0 Å². The minimum absolute atomic E-state index is 0.0192. The predicted molar refractivity (Wildman–Crippen MR) is 105 cm³/mol. The number of benzene rings is 1. The van der Waals surface area contributed by atoms with Crippen LogP contribution in [0.15, 0.2) is 22.7 Å². The van der Waals surface area contributed by atoms with Gasteiger partial charge in [0.15, 0.2) is 0 Å². The van der Waals surface area contributed by atoms with Crippen molar-refractivity contribution in [1.29, 1.82) is 0 Å². The quantitative estimate of drug-likeness (QED) is 0.693. The monoisotopic (exact) mass is 419 g/mol. The smallest absolute Gasteiger partial charge is 0.315 e. The highest BCUT2D eigenvalue weighted by Gasteiger charge is 2.48. The number of carbonyl (C=O) groups is 2. The van der Waals surface area contributed by atoms with Crippen molar-refractivity contribution in [3.05, 3.63) is 28.2 Å². The van der Waals surface area contributed by atoms with Crippen LogP contribution in [0.5, 0.6) is 0 Å². The maximum Gasteiger partial charge on any atom is 0.315 e. The highest BCUT2D eigenvalue weighted by Crippen LogP contribution is 2.53. The van der Waals surface area contributed by atoms with E-state index < -0.39 is 0 Å². The van der Waals surface area contributed by atoms with Crippen LogP contribution in [0, 0.1) is 30.6 Å². The maximum absolute atomic E-state index is 12.3. The highest BCUT2D eigenvalue weighted by atomic mass is 79.9. The average molecular weight is 420 g/mol. The molecule has 0 atom stereocenters. The van der Waals surface area contributed by atoms with Gasteiger partial charge in [0.1, 0.15) is 0 Å². The van der Waals surface area contributed by atoms with Crippen LogP contribution >= 0.6 is 15.9 Å². The van der Waals surface area contributed by atoms with Crippen LogP contribution in [0.1, 0.15) is 37.7 Å². The molecule has 6 heteroatoms. The number of nitrogens with one attached hydrogen (secondary N) is 3. The molecule has 0 aromatic heterocycles. The molecule has 0 unspecified atom stereocenters. The lowest BCUT2D eigenvalue weighted by molar-refractivity contribution is -0.115. The molecule has 4 saturated carbocycles. The summed E-state index contributed by atoms with van der Waals surface area (Å²) in [5, 5.41) is 8.73. The Hall–Kier alpha value is -1.56. The van der Waals surface area contributed by atoms with E-state index in [1.54, 1.807) is 0 Å². The van der Waals surface area contributed by atoms with Crippen molar-refractivity contribution < 1.29 is 9.59 Å². The molecule has 1 aromatic carbocycles. The molecule has 0 spiro atoms. The van der Waals surface area contributed by atoms with Crippen LogP contribution in [0.3, 0.4) is 0 Å². The Bertz CT molecular complexity index is 693. The number of aryl methyl sites for hydroxylation is 1. The van der Waals surface area contributed by atoms with E-state index in [0.717, 1.165) is 27.6 Å². The highest BCUT2D eigenvalue weighted by molar-refractivity contribution is 9.10. The fourth-order valence-electron chi connectivity index (χ4n) is 5.49. The lowest BCUT2D eigenvalue weighted by Gasteiger charge is -2.54. The van der Waals surface area contributed by atoms with Crippen molar-refractivity contribution in [1.82, 2.24) is 10.6 Å². The summed E-state index contributed by atoms with van der Waals surface area (Å²) in [4.78, 5) is 24.4. The fraction of sp³-hybridized carbons (Fsp3) is 0.600. The van der Waals surface area contributed by atoms with Crippen molar-refractivity contribution in [2.75, 3.05) is 11.9 Å². The summed E-state index contributed by atoms with van der Waals surface area (Å²) in [5.41, 5.74) is 1.74. The molecular weight excluding hydrogens is 394 g/mol. The molecule has 26 heavy (non-hydrogen) atoms. The van der Waals surface area contributed by atoms with Crippen molar-refractivity contribution in [3.63, 3.8) is 0 Å². The lowest BCUT2D eigenvalue weighted by Crippen LogP contribution is -2.57. The molecule has 4 fully saturated rings. The van der Waals surface area contributed by atoms with Crippen LogP contribution in [0.25, 0.3) is 0 Å². The molecule has 4 bridgehead atoms. The topological polar surface area (TPSA) is 70.2 Å². The Labute approximate surface area is 162 Å². The number of urea groups is 1. The molecular formula is C20H26BrN3O2. The molecule has 140 valence electrons. The van der Waals surface area contributed by atoms with Crippen molar-refractivity contribution in [2.24, 2.45) is 23.7 Å². The van der Waals surface area contributed by atoms with Gasteiger partial charge in [0.2, 0.25) is 5.91 Å². The van der Waals surface area contributed by atoms with Gasteiger partial charge >= 0.3 is 6.03 Å². The zero-order valence-electron chi connectivity index (χ0n) is 15.1. The number of halogens is 1. The Balaban J connectivity index is 1.26. The van der Waals surface area contributed by atoms with E-state index in [2.05, 4.69) is 31.9 Å². The molecule has 4 aliphatic carbocycles. The third-order valence-corrected chi connectivity index (χ3v) is 6.89. The van der Waals surface area contributed by atoms with Gasteiger partial charge in [0.05, 0.1) is 6.54 Å². The normalized spacial score (nSPS) is 31.5. The second-order valence-corrected chi connectivity index (χ2v) is 9.21. The second-order valence-electron chi connectivity index (χ2n) is 8.29. The summed E-state index contributed by atoms with van der Waals surface area (Å²) in [6.45, 7) is 1.92. The maximum atomic E-state index is 12.3. The first kappa shape index (κ1) is 17.8. The summed E-state index contributed by atoms with van der Waals surface area (Å²) in [6, 6.07) is 5.76. The number of anilines is 1. The SMILES string of the molecule is Cc1cc(Br)ccc1NC(=O)CNC(=O)NC1C2CC3CC(C2)CC1C3. The summed E-state index contributed by atoms with van der Waals surface area (Å²) in [7, 11) is 0. The molecule has 1 aromatic rings. The molecule has 5 rings (SSSR count). The van der Waals surface area contributed by atoms with Crippen molar-refractivity contribution >= 4 is 33.6 Å². The number of hydrogen-bond donors (Lipinski definition) is 3. The van der Waals surface area contributed by atoms with Crippen LogP contribution in [0.4, 0.5) is 10.5 Å². The zero-order valence-corrected chi connectivity index (χ0v) is 16.6. The predicted octanol–water partition coefficient (Wildman–Crippen LogP) is 3.82. The van der Waals surface area contributed by atoms with E-state index >= 15 is 0 Å². The van der Waals surface area contributed by atoms with Crippen LogP contribution in [-0.4, -0.2) is 24.5 Å². The molecule has 0 aliphatic heterocycles. The van der Waals surface area contributed by atoms with Gasteiger partial charge in [-0.25, -0.2) is 4.79 Å². The lowest BCUT2D eigenvalue weighted by atomic mass is 9.54. The van der Waals surface area contributed by atoms with E-state index in [9.17, 15) is 9.59 Å². The summed E-state index contributed by atoms with van der Waals surface area (Å²) < 4.78 is 0.973. The first-order chi connectivity index (χ1) is 12.5. The number of rotatable bonds is 4. The second kappa shape index (κ2) is 7.22. The van der Waals surface area contributed by atoms with Crippen LogP contribution in [0.2, 0.25) is 0 Å². The number of amides is 3. The van der Waals surface area contributed by atoms with E-state index in [1.807, 2.05) is 25.1 Å². The standard InChI is InChI=1S/C20H26BrN3O2/c1-11-4-16(21)2-3-17(11)23-18(25)10-22-20(26)24-19-14-6-12-5-13(8-14)9-15(19)7-12/h2-4,12-15,19H,5-10H2,1H3,(H,23,25)(H2,22,24,26). The van der Waals surface area contributed by atoms with Crippen LogP contribution in [-0.2, 0) is 4.79 Å². The summed E-state index contributed by atoms with van der Waals surface area (Å²) >= 11 is 3.41. The van der Waals surface area contributed by atoms with Gasteiger partial charge in [-0.15, -0.1) is 0 Å². The van der Waals surface area contributed by atoms with Gasteiger partial charge in [-0.3, -0.25) is 4.79 Å². The Morgan fingerprint density at radius 3 is 2.35 bits per heavy atom. The molecule has 0 saturated heterocycles. The minimum Gasteiger partial charge on any atom is -0.335 e. The molecule has 5 nitrogen and oxygen atoms in total. The minimum atomic E-state index is -0.217. The average Bonchev–Trinajstić information content (AvgIpc) is 2.58. The molecule has 0 heterocycles. The van der Waals surface area contributed by atoms with E-state index in [4.69, 9.17) is 0 Å². The van der Waals surface area contributed by atoms with Gasteiger partial charge in [0, 0.05) is 16.2 Å². The largest absolute Gasteiger partial charge is 0.335 e. The number of carbonyl (C=O) groups excluding carboxylic acids is 2. The van der Waals surface area contributed by atoms with E-state index in [0.29, 0.717) is 17.9 Å².